The lowest BCUT2D eigenvalue weighted by atomic mass is 9.80. The number of phenolic OH excluding ortho intramolecular Hbond substituents is 1. The molecular weight excluding hydrogens is 589 g/mol. The number of hydrogen-bond acceptors (Lipinski definition) is 7. The van der Waals surface area contributed by atoms with Crippen molar-refractivity contribution in [2.45, 2.75) is 81.6 Å². The smallest absolute Gasteiger partial charge is 0.349 e. The second kappa shape index (κ2) is 12.2. The van der Waals surface area contributed by atoms with Crippen LogP contribution in [0.3, 0.4) is 0 Å². The van der Waals surface area contributed by atoms with Crippen LogP contribution in [0, 0.1) is 18.7 Å². The summed E-state index contributed by atoms with van der Waals surface area (Å²) in [5.74, 6) is -1.07. The van der Waals surface area contributed by atoms with Crippen LogP contribution in [0.2, 0.25) is 0 Å². The van der Waals surface area contributed by atoms with E-state index < -0.39 is 32.8 Å². The number of carbonyl (C=O) groups excluding carboxylic acids is 1. The van der Waals surface area contributed by atoms with E-state index in [0.29, 0.717) is 29.0 Å². The zero-order valence-corrected chi connectivity index (χ0v) is 26.8. The molecule has 3 N–H and O–H groups in total. The number of carbonyl (C=O) groups is 1. The summed E-state index contributed by atoms with van der Waals surface area (Å²) in [6.07, 6.45) is 1.26. The number of anilines is 1. The van der Waals surface area contributed by atoms with Gasteiger partial charge in [0.05, 0.1) is 10.6 Å². The van der Waals surface area contributed by atoms with Crippen molar-refractivity contribution in [2.24, 2.45) is 5.92 Å². The molecule has 0 spiro atoms. The summed E-state index contributed by atoms with van der Waals surface area (Å²) in [6.45, 7) is 11.6. The maximum Gasteiger partial charge on any atom is 0.349 e. The summed E-state index contributed by atoms with van der Waals surface area (Å²) >= 11 is 1.11. The number of aromatic hydroxyl groups is 1. The quantitative estimate of drug-likeness (QED) is 0.208. The number of hydrogen-bond donors (Lipinski definition) is 3. The van der Waals surface area contributed by atoms with Crippen LogP contribution < -0.4 is 4.72 Å². The molecule has 43 heavy (non-hydrogen) atoms. The van der Waals surface area contributed by atoms with Gasteiger partial charge < -0.3 is 14.9 Å². The van der Waals surface area contributed by atoms with Crippen LogP contribution in [-0.4, -0.2) is 30.2 Å². The monoisotopic (exact) mass is 627 g/mol. The van der Waals surface area contributed by atoms with Gasteiger partial charge in [0.15, 0.2) is 0 Å². The van der Waals surface area contributed by atoms with Crippen molar-refractivity contribution in [2.75, 3.05) is 4.72 Å². The first-order chi connectivity index (χ1) is 20.0. The third kappa shape index (κ3) is 7.36. The molecule has 4 rings (SSSR count). The minimum atomic E-state index is -3.98. The molecule has 1 heterocycles. The number of aryl methyl sites for hydroxylation is 2. The minimum absolute atomic E-state index is 0.0424. The van der Waals surface area contributed by atoms with E-state index in [1.807, 2.05) is 46.8 Å². The van der Waals surface area contributed by atoms with E-state index in [4.69, 9.17) is 4.74 Å². The standard InChI is InChI=1S/C33H38FNO6S2/c1-20(2)33(16-15-22-7-11-24(36)12-8-22)19-28(37)30(31(38)41-33)42-29-17-21(3)27(18-26(29)32(4,5)6)35-43(39,40)25-13-9-23(34)10-14-25/h7-14,17-18,20,35-37H,15-16,19H2,1-6H3. The number of cyclic esters (lactones) is 1. The van der Waals surface area contributed by atoms with Gasteiger partial charge in [-0.2, -0.15) is 0 Å². The van der Waals surface area contributed by atoms with Gasteiger partial charge in [-0.05, 0) is 96.3 Å². The molecule has 1 atom stereocenters. The molecule has 0 fully saturated rings. The van der Waals surface area contributed by atoms with E-state index >= 15 is 0 Å². The number of phenols is 1. The van der Waals surface area contributed by atoms with Crippen molar-refractivity contribution in [1.82, 2.24) is 0 Å². The van der Waals surface area contributed by atoms with E-state index in [0.717, 1.165) is 35.0 Å². The number of rotatable bonds is 9. The number of sulfonamides is 1. The van der Waals surface area contributed by atoms with E-state index in [2.05, 4.69) is 4.72 Å². The van der Waals surface area contributed by atoms with E-state index in [-0.39, 0.29) is 33.6 Å². The Kier molecular flexibility index (Phi) is 9.23. The summed E-state index contributed by atoms with van der Waals surface area (Å²) in [7, 11) is -3.98. The van der Waals surface area contributed by atoms with Crippen LogP contribution in [-0.2, 0) is 31.4 Å². The number of ether oxygens (including phenoxy) is 1. The molecule has 0 radical (unpaired) electrons. The van der Waals surface area contributed by atoms with Crippen LogP contribution in [0.15, 0.2) is 81.1 Å². The number of aliphatic hydroxyl groups excluding tert-OH is 1. The van der Waals surface area contributed by atoms with Crippen molar-refractivity contribution in [3.63, 3.8) is 0 Å². The minimum Gasteiger partial charge on any atom is -0.511 e. The Morgan fingerprint density at radius 1 is 1.05 bits per heavy atom. The Balaban J connectivity index is 1.63. The van der Waals surface area contributed by atoms with Crippen molar-refractivity contribution in [3.05, 3.63) is 93.8 Å². The highest BCUT2D eigenvalue weighted by Crippen LogP contribution is 2.46. The third-order valence-electron chi connectivity index (χ3n) is 7.75. The fourth-order valence-electron chi connectivity index (χ4n) is 5.01. The largest absolute Gasteiger partial charge is 0.511 e. The molecule has 1 unspecified atom stereocenters. The molecule has 0 aliphatic carbocycles. The van der Waals surface area contributed by atoms with Crippen molar-refractivity contribution in [3.8, 4) is 5.75 Å². The highest BCUT2D eigenvalue weighted by atomic mass is 32.2. The first-order valence-electron chi connectivity index (χ1n) is 14.1. The molecule has 1 aliphatic rings. The van der Waals surface area contributed by atoms with Gasteiger partial charge in [-0.3, -0.25) is 4.72 Å². The highest BCUT2D eigenvalue weighted by Gasteiger charge is 2.44. The average molecular weight is 628 g/mol. The third-order valence-corrected chi connectivity index (χ3v) is 10.3. The molecule has 0 amide bonds. The first kappa shape index (κ1) is 32.4. The predicted octanol–water partition coefficient (Wildman–Crippen LogP) is 7.77. The molecule has 10 heteroatoms. The number of nitrogens with one attached hydrogen (secondary N) is 1. The zero-order chi connectivity index (χ0) is 31.7. The topological polar surface area (TPSA) is 113 Å². The molecule has 3 aromatic rings. The average Bonchev–Trinajstić information content (AvgIpc) is 2.91. The molecule has 3 aromatic carbocycles. The Morgan fingerprint density at radius 3 is 2.23 bits per heavy atom. The normalized spacial score (nSPS) is 17.7. The molecule has 0 saturated carbocycles. The molecule has 0 bridgehead atoms. The molecule has 1 aliphatic heterocycles. The van der Waals surface area contributed by atoms with Crippen LogP contribution in [0.25, 0.3) is 0 Å². The Labute approximate surface area is 257 Å². The van der Waals surface area contributed by atoms with Gasteiger partial charge in [0.25, 0.3) is 10.0 Å². The number of esters is 1. The number of benzene rings is 3. The van der Waals surface area contributed by atoms with Gasteiger partial charge in [-0.1, -0.05) is 58.5 Å². The number of aliphatic hydroxyl groups is 1. The number of halogens is 1. The first-order valence-corrected chi connectivity index (χ1v) is 16.4. The van der Waals surface area contributed by atoms with Gasteiger partial charge in [0, 0.05) is 11.3 Å². The Bertz CT molecular complexity index is 1640. The molecule has 7 nitrogen and oxygen atoms in total. The number of thioether (sulfide) groups is 1. The molecular formula is C33H38FNO6S2. The Morgan fingerprint density at radius 2 is 1.67 bits per heavy atom. The van der Waals surface area contributed by atoms with Gasteiger partial charge in [0.1, 0.15) is 27.8 Å². The van der Waals surface area contributed by atoms with Gasteiger partial charge >= 0.3 is 5.97 Å². The van der Waals surface area contributed by atoms with E-state index in [1.165, 1.54) is 12.1 Å². The molecule has 0 aromatic heterocycles. The van der Waals surface area contributed by atoms with E-state index in [1.54, 1.807) is 31.2 Å². The summed E-state index contributed by atoms with van der Waals surface area (Å²) in [4.78, 5) is 14.2. The molecule has 230 valence electrons. The summed E-state index contributed by atoms with van der Waals surface area (Å²) < 4.78 is 48.1. The highest BCUT2D eigenvalue weighted by molar-refractivity contribution is 8.04. The van der Waals surface area contributed by atoms with Crippen LogP contribution in [0.4, 0.5) is 10.1 Å². The Hall–Kier alpha value is -3.50. The fraction of sp³-hybridized carbons (Fsp3) is 0.364. The zero-order valence-electron chi connectivity index (χ0n) is 25.2. The second-order valence-electron chi connectivity index (χ2n) is 12.3. The van der Waals surface area contributed by atoms with Crippen LogP contribution in [0.5, 0.6) is 5.75 Å². The molecule has 0 saturated heterocycles. The summed E-state index contributed by atoms with van der Waals surface area (Å²) in [6, 6.07) is 15.0. The fourth-order valence-corrected chi connectivity index (χ4v) is 7.37. The SMILES string of the molecule is Cc1cc(SC2=C(O)CC(CCc3ccc(O)cc3)(C(C)C)OC2=O)c(C(C)(C)C)cc1NS(=O)(=O)c1ccc(F)cc1. The summed E-state index contributed by atoms with van der Waals surface area (Å²) in [5.41, 5.74) is 1.37. The van der Waals surface area contributed by atoms with Crippen molar-refractivity contribution >= 4 is 33.4 Å². The van der Waals surface area contributed by atoms with E-state index in [9.17, 15) is 27.8 Å². The van der Waals surface area contributed by atoms with Gasteiger partial charge in [0.2, 0.25) is 0 Å². The van der Waals surface area contributed by atoms with Crippen molar-refractivity contribution < 1.29 is 32.6 Å². The van der Waals surface area contributed by atoms with Gasteiger partial charge in [-0.15, -0.1) is 0 Å². The second-order valence-corrected chi connectivity index (χ2v) is 15.0. The lowest BCUT2D eigenvalue weighted by molar-refractivity contribution is -0.164. The van der Waals surface area contributed by atoms with Crippen LogP contribution >= 0.6 is 11.8 Å². The maximum atomic E-state index is 13.5. The van der Waals surface area contributed by atoms with Crippen LogP contribution in [0.1, 0.15) is 64.2 Å². The maximum absolute atomic E-state index is 13.5. The van der Waals surface area contributed by atoms with Gasteiger partial charge in [-0.25, -0.2) is 17.6 Å². The predicted molar refractivity (Wildman–Crippen MR) is 167 cm³/mol. The lowest BCUT2D eigenvalue weighted by Crippen LogP contribution is -2.44. The summed E-state index contributed by atoms with van der Waals surface area (Å²) in [5, 5.41) is 20.8. The van der Waals surface area contributed by atoms with Crippen molar-refractivity contribution in [1.29, 1.82) is 0 Å². The lowest BCUT2D eigenvalue weighted by Gasteiger charge is -2.40.